The van der Waals surface area contributed by atoms with Gasteiger partial charge in [-0.3, -0.25) is 0 Å². The van der Waals surface area contributed by atoms with E-state index in [0.717, 1.165) is 0 Å². The summed E-state index contributed by atoms with van der Waals surface area (Å²) in [6, 6.07) is 0. The van der Waals surface area contributed by atoms with Gasteiger partial charge in [-0.05, 0) is 0 Å². The van der Waals surface area contributed by atoms with E-state index in [2.05, 4.69) is 0 Å². The van der Waals surface area contributed by atoms with Crippen LogP contribution in [0.15, 0.2) is 0 Å². The second-order valence-electron chi connectivity index (χ2n) is 0. The van der Waals surface area contributed by atoms with Crippen LogP contribution in [0.1, 0.15) is 0 Å². The summed E-state index contributed by atoms with van der Waals surface area (Å²) in [6.45, 7) is 0. The third-order valence-corrected chi connectivity index (χ3v) is 0. The minimum atomic E-state index is 0. The minimum absolute atomic E-state index is 0. The van der Waals surface area contributed by atoms with E-state index in [-0.39, 0.29) is 133 Å². The predicted molar refractivity (Wildman–Crippen MR) is 34.6 cm³/mol. The van der Waals surface area contributed by atoms with Gasteiger partial charge in [-0.25, -0.2) is 0 Å². The second-order valence-corrected chi connectivity index (χ2v) is 0. The molecule has 0 atom stereocenters. The molecule has 8 radical (unpaired) electrons. The Kier molecular flexibility index (Phi) is 3050. The molecule has 0 aliphatic rings. The maximum absolute atomic E-state index is 0. The predicted octanol–water partition coefficient (Wildman–Crippen LogP) is -2.58. The summed E-state index contributed by atoms with van der Waals surface area (Å²) in [6.07, 6.45) is 0. The van der Waals surface area contributed by atoms with Gasteiger partial charge in [0.1, 0.15) is 0 Å². The molecule has 0 unspecified atom stereocenters. The van der Waals surface area contributed by atoms with E-state index in [9.17, 15) is 0 Å². The number of hydrogen-bond donors (Lipinski definition) is 0. The van der Waals surface area contributed by atoms with Crippen LogP contribution >= 0.6 is 0 Å². The van der Waals surface area contributed by atoms with Gasteiger partial charge in [-0.15, -0.1) is 0 Å². The molecule has 10 heavy (non-hydrogen) atoms. The van der Waals surface area contributed by atoms with Crippen LogP contribution in [-0.2, 0) is 0 Å². The van der Waals surface area contributed by atoms with E-state index >= 15 is 0 Å². The quantitative estimate of drug-likeness (QED) is 0.255. The average Bonchev–Trinajstić information content (AvgIpc) is 0. The Labute approximate surface area is 131 Å². The van der Waals surface area contributed by atoms with Gasteiger partial charge in [-0.2, -0.15) is 0 Å². The smallest absolute Gasteiger partial charge is 0.870 e. The van der Waals surface area contributed by atoms with Crippen molar-refractivity contribution in [3.63, 3.8) is 0 Å². The molecule has 10 heteroatoms. The SMILES string of the molecule is [OH-].[OH-].[OH-].[OH-].[OH-].[OH-].[Pb+2].[Sb].[Sb].[Sn+4]. The monoisotopic (exact) mass is 672 g/mol. The van der Waals surface area contributed by atoms with Gasteiger partial charge in [0.25, 0.3) is 0 Å². The van der Waals surface area contributed by atoms with Crippen molar-refractivity contribution in [3.8, 4) is 0 Å². The molecule has 0 fully saturated rings. The molecule has 0 aliphatic heterocycles. The van der Waals surface area contributed by atoms with Crippen LogP contribution in [0.5, 0.6) is 0 Å². The maximum atomic E-state index is 0. The number of hydrogen-bond acceptors (Lipinski definition) is 6. The fourth-order valence-electron chi connectivity index (χ4n) is 0. The molecule has 0 bridgehead atoms. The molecule has 0 aromatic rings. The van der Waals surface area contributed by atoms with Crippen LogP contribution < -0.4 is 0 Å². The van der Waals surface area contributed by atoms with Crippen LogP contribution in [-0.4, -0.2) is 133 Å². The van der Waals surface area contributed by atoms with E-state index in [1.54, 1.807) is 0 Å². The first-order valence-electron chi connectivity index (χ1n) is 0. The summed E-state index contributed by atoms with van der Waals surface area (Å²) in [5, 5.41) is 0. The van der Waals surface area contributed by atoms with Crippen molar-refractivity contribution in [2.75, 3.05) is 0 Å². The van der Waals surface area contributed by atoms with Crippen molar-refractivity contribution in [2.45, 2.75) is 0 Å². The molecule has 0 aromatic carbocycles. The average molecular weight is 671 g/mol. The maximum Gasteiger partial charge on any atom is 4.00 e. The third kappa shape index (κ3) is 117. The Morgan fingerprint density at radius 1 is 0.400 bits per heavy atom. The van der Waals surface area contributed by atoms with E-state index < -0.39 is 0 Å². The molecule has 6 N–H and O–H groups in total. The Morgan fingerprint density at radius 2 is 0.400 bits per heavy atom. The van der Waals surface area contributed by atoms with Gasteiger partial charge in [-0.1, -0.05) is 0 Å². The molecule has 0 heterocycles. The Bertz CT molecular complexity index is 15.7. The van der Waals surface area contributed by atoms with Gasteiger partial charge < -0.3 is 32.9 Å². The molecule has 0 rings (SSSR count). The molecule has 6 nitrogen and oxygen atoms in total. The van der Waals surface area contributed by atoms with Crippen molar-refractivity contribution in [1.29, 1.82) is 0 Å². The zero-order valence-corrected chi connectivity index (χ0v) is 16.4. The second kappa shape index (κ2) is 154. The fraction of sp³-hybridized carbons (Fsp3) is 0. The van der Waals surface area contributed by atoms with Crippen molar-refractivity contribution in [1.82, 2.24) is 0 Å². The molecule has 0 saturated heterocycles. The van der Waals surface area contributed by atoms with E-state index in [1.807, 2.05) is 0 Å². The first-order chi connectivity index (χ1) is 0. The first kappa shape index (κ1) is 198. The first-order valence-corrected chi connectivity index (χ1v) is 0. The van der Waals surface area contributed by atoms with Crippen LogP contribution in [0.2, 0.25) is 0 Å². The normalized spacial score (nSPS) is 0. The molecular formula is H6O6PbSb2Sn. The van der Waals surface area contributed by atoms with Gasteiger partial charge in [0.2, 0.25) is 0 Å². The number of rotatable bonds is 0. The van der Waals surface area contributed by atoms with Crippen molar-refractivity contribution < 1.29 is 32.9 Å². The van der Waals surface area contributed by atoms with Crippen LogP contribution in [0.25, 0.3) is 0 Å². The zero-order valence-electron chi connectivity index (χ0n) is 4.58. The van der Waals surface area contributed by atoms with Crippen LogP contribution in [0, 0.1) is 0 Å². The molecule has 0 amide bonds. The van der Waals surface area contributed by atoms with Gasteiger partial charge in [0, 0.05) is 48.9 Å². The third-order valence-electron chi connectivity index (χ3n) is 0. The Balaban J connectivity index is 0. The molecule has 0 spiro atoms. The fourth-order valence-corrected chi connectivity index (χ4v) is 0. The molecular weight excluding hydrogens is 665 g/mol. The largest absolute Gasteiger partial charge is 4.00 e. The molecule has 0 aliphatic carbocycles. The zero-order chi connectivity index (χ0) is 0. The van der Waals surface area contributed by atoms with E-state index in [0.29, 0.717) is 0 Å². The summed E-state index contributed by atoms with van der Waals surface area (Å²) in [5.74, 6) is 0. The van der Waals surface area contributed by atoms with Gasteiger partial charge >= 0.3 is 51.2 Å². The van der Waals surface area contributed by atoms with E-state index in [4.69, 9.17) is 0 Å². The van der Waals surface area contributed by atoms with Gasteiger partial charge in [0.15, 0.2) is 0 Å². The van der Waals surface area contributed by atoms with Crippen molar-refractivity contribution >= 4 is 100 Å². The molecule has 0 aromatic heterocycles. The molecule has 60 valence electrons. The standard InChI is InChI=1S/6H2O.Pb.2Sb.Sn/h6*1H2;;;;/q;;;;;;+2;;;+4/p-6. The van der Waals surface area contributed by atoms with Crippen LogP contribution in [0.4, 0.5) is 0 Å². The van der Waals surface area contributed by atoms with E-state index in [1.165, 1.54) is 0 Å². The van der Waals surface area contributed by atoms with Crippen LogP contribution in [0.3, 0.4) is 0 Å². The summed E-state index contributed by atoms with van der Waals surface area (Å²) in [4.78, 5) is 0. The summed E-state index contributed by atoms with van der Waals surface area (Å²) in [7, 11) is 0. The summed E-state index contributed by atoms with van der Waals surface area (Å²) < 4.78 is 0. The minimum Gasteiger partial charge on any atom is -0.870 e. The molecule has 0 saturated carbocycles. The summed E-state index contributed by atoms with van der Waals surface area (Å²) in [5.41, 5.74) is 0. The Hall–Kier alpha value is 3.12. The summed E-state index contributed by atoms with van der Waals surface area (Å²) >= 11 is 0. The van der Waals surface area contributed by atoms with Crippen molar-refractivity contribution in [2.24, 2.45) is 0 Å². The topological polar surface area (TPSA) is 180 Å². The van der Waals surface area contributed by atoms with Crippen molar-refractivity contribution in [3.05, 3.63) is 0 Å². The van der Waals surface area contributed by atoms with Gasteiger partial charge in [0.05, 0.1) is 0 Å². The Morgan fingerprint density at radius 3 is 0.400 bits per heavy atom.